The van der Waals surface area contributed by atoms with Gasteiger partial charge in [-0.3, -0.25) is 9.48 Å². The lowest BCUT2D eigenvalue weighted by Crippen LogP contribution is -2.50. The number of rotatable bonds is 5. The van der Waals surface area contributed by atoms with Crippen LogP contribution >= 0.6 is 0 Å². The number of nitrogens with zero attached hydrogens (tertiary/aromatic N) is 3. The fourth-order valence-electron chi connectivity index (χ4n) is 4.57. The van der Waals surface area contributed by atoms with Crippen LogP contribution in [0.4, 0.5) is 18.0 Å². The second kappa shape index (κ2) is 10.5. The molecule has 3 amide bonds. The van der Waals surface area contributed by atoms with Crippen molar-refractivity contribution in [2.45, 2.75) is 58.4 Å². The van der Waals surface area contributed by atoms with Gasteiger partial charge < -0.3 is 15.5 Å². The predicted octanol–water partition coefficient (Wildman–Crippen LogP) is 5.43. The second-order valence-electron chi connectivity index (χ2n) is 10.6. The highest BCUT2D eigenvalue weighted by Gasteiger charge is 2.32. The van der Waals surface area contributed by atoms with E-state index in [0.29, 0.717) is 41.8 Å². The van der Waals surface area contributed by atoms with E-state index in [1.54, 1.807) is 40.0 Å². The molecule has 0 saturated carbocycles. The maximum Gasteiger partial charge on any atom is 0.416 e. The van der Waals surface area contributed by atoms with E-state index in [0.717, 1.165) is 17.7 Å². The number of aromatic nitrogens is 2. The normalized spacial score (nSPS) is 14.6. The second-order valence-corrected chi connectivity index (χ2v) is 10.6. The Bertz CT molecular complexity index is 1310. The van der Waals surface area contributed by atoms with Gasteiger partial charge in [0.1, 0.15) is 0 Å². The van der Waals surface area contributed by atoms with Gasteiger partial charge in [0.05, 0.1) is 11.6 Å². The van der Waals surface area contributed by atoms with Crippen molar-refractivity contribution >= 4 is 11.9 Å². The lowest BCUT2D eigenvalue weighted by Gasteiger charge is -2.34. The van der Waals surface area contributed by atoms with Gasteiger partial charge in [0.25, 0.3) is 5.91 Å². The third kappa shape index (κ3) is 6.17. The van der Waals surface area contributed by atoms with Crippen LogP contribution in [-0.4, -0.2) is 45.2 Å². The summed E-state index contributed by atoms with van der Waals surface area (Å²) in [7, 11) is 0. The van der Waals surface area contributed by atoms with Crippen molar-refractivity contribution in [2.24, 2.45) is 0 Å². The number of urea groups is 1. The molecule has 1 aromatic heterocycles. The van der Waals surface area contributed by atoms with E-state index in [1.165, 1.54) is 6.07 Å². The Morgan fingerprint density at radius 1 is 1.08 bits per heavy atom. The number of nitrogens with one attached hydrogen (secondary N) is 2. The molecule has 2 heterocycles. The highest BCUT2D eigenvalue weighted by molar-refractivity contribution is 5.97. The maximum absolute atomic E-state index is 13.4. The largest absolute Gasteiger partial charge is 0.416 e. The Morgan fingerprint density at radius 2 is 1.84 bits per heavy atom. The summed E-state index contributed by atoms with van der Waals surface area (Å²) in [5.74, 6) is -0.311. The Balaban J connectivity index is 1.69. The Hall–Kier alpha value is -3.82. The molecule has 1 unspecified atom stereocenters. The van der Waals surface area contributed by atoms with Crippen LogP contribution < -0.4 is 10.6 Å². The molecule has 10 heteroatoms. The number of hydrogen-bond donors (Lipinski definition) is 2. The molecule has 7 nitrogen and oxygen atoms in total. The summed E-state index contributed by atoms with van der Waals surface area (Å²) >= 11 is 0. The molecule has 2 N–H and O–H groups in total. The topological polar surface area (TPSA) is 79.3 Å². The van der Waals surface area contributed by atoms with Gasteiger partial charge in [-0.25, -0.2) is 4.79 Å². The first-order valence-corrected chi connectivity index (χ1v) is 12.5. The summed E-state index contributed by atoms with van der Waals surface area (Å²) in [5.41, 5.74) is 1.68. The zero-order valence-electron chi connectivity index (χ0n) is 21.9. The Kier molecular flexibility index (Phi) is 7.53. The molecule has 0 aliphatic carbocycles. The summed E-state index contributed by atoms with van der Waals surface area (Å²) in [5, 5.41) is 10.1. The molecule has 3 aromatic rings. The number of halogens is 3. The quantitative estimate of drug-likeness (QED) is 0.465. The molecule has 0 bridgehead atoms. The molecule has 38 heavy (non-hydrogen) atoms. The Morgan fingerprint density at radius 3 is 2.50 bits per heavy atom. The van der Waals surface area contributed by atoms with E-state index in [2.05, 4.69) is 15.7 Å². The van der Waals surface area contributed by atoms with Crippen molar-refractivity contribution in [2.75, 3.05) is 13.1 Å². The summed E-state index contributed by atoms with van der Waals surface area (Å²) < 4.78 is 42.0. The number of benzene rings is 2. The minimum Gasteiger partial charge on any atom is -0.350 e. The summed E-state index contributed by atoms with van der Waals surface area (Å²) in [6, 6.07) is 9.98. The van der Waals surface area contributed by atoms with Gasteiger partial charge >= 0.3 is 12.2 Å². The SMILES string of the molecule is CC(CNC(=O)c1ccc(-c2cccc(C(F)(F)F)c2)c2c1CN(C(=O)NC(C)(C)C)CC2)n1cccn1. The van der Waals surface area contributed by atoms with Gasteiger partial charge in [0, 0.05) is 43.1 Å². The smallest absolute Gasteiger partial charge is 0.350 e. The number of amides is 3. The molecule has 2 aromatic carbocycles. The van der Waals surface area contributed by atoms with Crippen molar-refractivity contribution in [3.63, 3.8) is 0 Å². The average molecular weight is 528 g/mol. The number of fused-ring (bicyclic) bond motifs is 1. The van der Waals surface area contributed by atoms with Gasteiger partial charge in [-0.15, -0.1) is 0 Å². The molecule has 0 radical (unpaired) electrons. The highest BCUT2D eigenvalue weighted by atomic mass is 19.4. The fraction of sp³-hybridized carbons (Fsp3) is 0.393. The standard InChI is InChI=1S/C28H32F3N5O2/c1-18(36-13-6-12-33-36)16-32-25(37)23-10-9-21(19-7-5-8-20(15-19)28(29,30)31)22-11-14-35(17-24(22)23)26(38)34-27(2,3)4/h5-10,12-13,15,18H,11,14,16-17H2,1-4H3,(H,32,37)(H,34,38). The lowest BCUT2D eigenvalue weighted by atomic mass is 9.87. The van der Waals surface area contributed by atoms with Crippen LogP contribution in [0.5, 0.6) is 0 Å². The zero-order valence-corrected chi connectivity index (χ0v) is 21.9. The highest BCUT2D eigenvalue weighted by Crippen LogP contribution is 2.36. The molecule has 0 saturated heterocycles. The molecule has 0 spiro atoms. The van der Waals surface area contributed by atoms with Gasteiger partial charge in [-0.1, -0.05) is 18.2 Å². The monoisotopic (exact) mass is 527 g/mol. The lowest BCUT2D eigenvalue weighted by molar-refractivity contribution is -0.137. The van der Waals surface area contributed by atoms with Crippen molar-refractivity contribution in [3.8, 4) is 11.1 Å². The number of alkyl halides is 3. The van der Waals surface area contributed by atoms with Crippen molar-refractivity contribution in [1.82, 2.24) is 25.3 Å². The Labute approximate surface area is 220 Å². The molecule has 4 rings (SSSR count). The van der Waals surface area contributed by atoms with Gasteiger partial charge in [0.15, 0.2) is 0 Å². The summed E-state index contributed by atoms with van der Waals surface area (Å²) in [6.07, 6.45) is -0.584. The first-order valence-electron chi connectivity index (χ1n) is 12.5. The van der Waals surface area contributed by atoms with Crippen LogP contribution in [0.1, 0.15) is 60.8 Å². The van der Waals surface area contributed by atoms with Crippen LogP contribution in [0.2, 0.25) is 0 Å². The summed E-state index contributed by atoms with van der Waals surface area (Å²) in [4.78, 5) is 27.9. The summed E-state index contributed by atoms with van der Waals surface area (Å²) in [6.45, 7) is 8.46. The first-order chi connectivity index (χ1) is 17.8. The van der Waals surface area contributed by atoms with Gasteiger partial charge in [0.2, 0.25) is 0 Å². The molecule has 1 aliphatic rings. The number of carbonyl (C=O) groups excluding carboxylic acids is 2. The number of carbonyl (C=O) groups is 2. The molecule has 1 aliphatic heterocycles. The minimum absolute atomic E-state index is 0.0804. The van der Waals surface area contributed by atoms with Crippen molar-refractivity contribution in [3.05, 3.63) is 77.1 Å². The first kappa shape index (κ1) is 27.2. The van der Waals surface area contributed by atoms with E-state index in [-0.39, 0.29) is 24.5 Å². The van der Waals surface area contributed by atoms with E-state index in [1.807, 2.05) is 33.9 Å². The van der Waals surface area contributed by atoms with Crippen LogP contribution in [0, 0.1) is 0 Å². The van der Waals surface area contributed by atoms with E-state index < -0.39 is 17.3 Å². The van der Waals surface area contributed by atoms with E-state index in [4.69, 9.17) is 0 Å². The van der Waals surface area contributed by atoms with E-state index in [9.17, 15) is 22.8 Å². The van der Waals surface area contributed by atoms with Crippen LogP contribution in [0.15, 0.2) is 54.9 Å². The molecule has 202 valence electrons. The predicted molar refractivity (Wildman–Crippen MR) is 139 cm³/mol. The van der Waals surface area contributed by atoms with Crippen molar-refractivity contribution < 1.29 is 22.8 Å². The number of hydrogen-bond acceptors (Lipinski definition) is 3. The molecular weight excluding hydrogens is 495 g/mol. The third-order valence-corrected chi connectivity index (χ3v) is 6.46. The maximum atomic E-state index is 13.4. The molecule has 0 fully saturated rings. The minimum atomic E-state index is -4.47. The average Bonchev–Trinajstić information content (AvgIpc) is 3.40. The van der Waals surface area contributed by atoms with Crippen LogP contribution in [0.25, 0.3) is 11.1 Å². The molecule has 1 atom stereocenters. The van der Waals surface area contributed by atoms with Crippen LogP contribution in [0.3, 0.4) is 0 Å². The van der Waals surface area contributed by atoms with Gasteiger partial charge in [-0.2, -0.15) is 18.3 Å². The zero-order chi connectivity index (χ0) is 27.7. The van der Waals surface area contributed by atoms with E-state index >= 15 is 0 Å². The van der Waals surface area contributed by atoms with Gasteiger partial charge in [-0.05, 0) is 80.6 Å². The van der Waals surface area contributed by atoms with Crippen LogP contribution in [-0.2, 0) is 19.1 Å². The third-order valence-electron chi connectivity index (χ3n) is 6.46. The fourth-order valence-corrected chi connectivity index (χ4v) is 4.57. The molecular formula is C28H32F3N5O2. The van der Waals surface area contributed by atoms with Crippen molar-refractivity contribution in [1.29, 1.82) is 0 Å².